The van der Waals surface area contributed by atoms with Crippen molar-refractivity contribution in [3.63, 3.8) is 0 Å². The Balaban J connectivity index is 1.56. The Morgan fingerprint density at radius 2 is 1.27 bits per heavy atom. The first-order chi connectivity index (χ1) is 19.8. The highest BCUT2D eigenvalue weighted by molar-refractivity contribution is 7.92. The third-order valence-electron chi connectivity index (χ3n) is 6.43. The number of amides is 1. The summed E-state index contributed by atoms with van der Waals surface area (Å²) in [6, 6.07) is 37.0. The number of rotatable bonds is 9. The first-order valence-corrected chi connectivity index (χ1v) is 14.6. The molecule has 5 rings (SSSR count). The number of nitrogens with zero attached hydrogens (tertiary/aromatic N) is 1. The van der Waals surface area contributed by atoms with Gasteiger partial charge in [-0.15, -0.1) is 0 Å². The van der Waals surface area contributed by atoms with Crippen LogP contribution >= 0.6 is 11.6 Å². The topological polar surface area (TPSA) is 83.6 Å². The number of halogens is 1. The van der Waals surface area contributed by atoms with E-state index in [1.165, 1.54) is 22.5 Å². The third kappa shape index (κ3) is 6.22. The second-order valence-electron chi connectivity index (χ2n) is 9.17. The van der Waals surface area contributed by atoms with Crippen LogP contribution in [0.5, 0.6) is 0 Å². The lowest BCUT2D eigenvalue weighted by atomic mass is 10.0. The van der Waals surface area contributed by atoms with E-state index in [0.717, 1.165) is 5.56 Å². The SMILES string of the molecule is O=C(c1ccccc1)c1cc(Cl)ccc1NC(=O)c1ccccc1N(Cc1ccccc1)S(=O)(=O)c1ccccc1. The standard InChI is InChI=1S/C33H25ClN2O4S/c34-26-20-21-30(29(22-26)32(37)25-14-6-2-7-15-25)35-33(38)28-18-10-11-19-31(28)36(23-24-12-4-1-5-13-24)41(39,40)27-16-8-3-9-17-27/h1-22H,23H2,(H,35,38). The molecule has 0 aromatic heterocycles. The molecule has 0 spiro atoms. The molecule has 0 bridgehead atoms. The Morgan fingerprint density at radius 1 is 0.683 bits per heavy atom. The van der Waals surface area contributed by atoms with Gasteiger partial charge in [-0.1, -0.05) is 103 Å². The number of hydrogen-bond acceptors (Lipinski definition) is 4. The predicted molar refractivity (Wildman–Crippen MR) is 162 cm³/mol. The molecule has 0 saturated heterocycles. The second-order valence-corrected chi connectivity index (χ2v) is 11.5. The van der Waals surface area contributed by atoms with Crippen molar-refractivity contribution in [1.29, 1.82) is 0 Å². The van der Waals surface area contributed by atoms with Gasteiger partial charge in [0.2, 0.25) is 0 Å². The average molecular weight is 581 g/mol. The van der Waals surface area contributed by atoms with Gasteiger partial charge in [0.05, 0.1) is 28.4 Å². The van der Waals surface area contributed by atoms with Gasteiger partial charge in [0, 0.05) is 16.1 Å². The summed E-state index contributed by atoms with van der Waals surface area (Å²) in [6.07, 6.45) is 0. The van der Waals surface area contributed by atoms with Crippen molar-refractivity contribution in [3.8, 4) is 0 Å². The number of carbonyl (C=O) groups excluding carboxylic acids is 2. The van der Waals surface area contributed by atoms with E-state index in [2.05, 4.69) is 5.32 Å². The maximum absolute atomic E-state index is 13.9. The van der Waals surface area contributed by atoms with E-state index in [4.69, 9.17) is 11.6 Å². The summed E-state index contributed by atoms with van der Waals surface area (Å²) in [5.74, 6) is -0.889. The lowest BCUT2D eigenvalue weighted by molar-refractivity contribution is 0.102. The van der Waals surface area contributed by atoms with Crippen molar-refractivity contribution in [1.82, 2.24) is 0 Å². The Hall–Kier alpha value is -4.72. The van der Waals surface area contributed by atoms with Crippen LogP contribution in [0.15, 0.2) is 138 Å². The van der Waals surface area contributed by atoms with Crippen molar-refractivity contribution >= 4 is 44.7 Å². The van der Waals surface area contributed by atoms with Gasteiger partial charge in [-0.25, -0.2) is 8.42 Å². The van der Waals surface area contributed by atoms with Gasteiger partial charge in [-0.05, 0) is 48.0 Å². The number of ketones is 1. The van der Waals surface area contributed by atoms with Crippen molar-refractivity contribution in [3.05, 3.63) is 161 Å². The van der Waals surface area contributed by atoms with Crippen molar-refractivity contribution in [2.75, 3.05) is 9.62 Å². The largest absolute Gasteiger partial charge is 0.321 e. The van der Waals surface area contributed by atoms with Gasteiger partial charge in [0.25, 0.3) is 15.9 Å². The molecule has 1 N–H and O–H groups in total. The number of nitrogens with one attached hydrogen (secondary N) is 1. The van der Waals surface area contributed by atoms with Gasteiger partial charge in [-0.3, -0.25) is 13.9 Å². The van der Waals surface area contributed by atoms with Crippen molar-refractivity contribution in [2.45, 2.75) is 11.4 Å². The molecule has 0 atom stereocenters. The molecule has 8 heteroatoms. The maximum atomic E-state index is 13.9. The zero-order valence-electron chi connectivity index (χ0n) is 21.8. The lowest BCUT2D eigenvalue weighted by Gasteiger charge is -2.26. The van der Waals surface area contributed by atoms with Crippen LogP contribution in [0.4, 0.5) is 11.4 Å². The highest BCUT2D eigenvalue weighted by atomic mass is 35.5. The van der Waals surface area contributed by atoms with E-state index in [9.17, 15) is 18.0 Å². The van der Waals surface area contributed by atoms with Crippen LogP contribution in [-0.4, -0.2) is 20.1 Å². The van der Waals surface area contributed by atoms with Crippen molar-refractivity contribution in [2.24, 2.45) is 0 Å². The molecule has 0 radical (unpaired) electrons. The van der Waals surface area contributed by atoms with Crippen molar-refractivity contribution < 1.29 is 18.0 Å². The smallest absolute Gasteiger partial charge is 0.264 e. The molecule has 0 aliphatic rings. The summed E-state index contributed by atoms with van der Waals surface area (Å²) in [7, 11) is -4.06. The Morgan fingerprint density at radius 3 is 1.95 bits per heavy atom. The number of anilines is 2. The molecular formula is C33H25ClN2O4S. The molecule has 0 aliphatic carbocycles. The highest BCUT2D eigenvalue weighted by Gasteiger charge is 2.29. The molecule has 0 aliphatic heterocycles. The Bertz CT molecular complexity index is 1800. The summed E-state index contributed by atoms with van der Waals surface area (Å²) in [5.41, 5.74) is 1.97. The van der Waals surface area contributed by atoms with Crippen LogP contribution in [0, 0.1) is 0 Å². The fourth-order valence-corrected chi connectivity index (χ4v) is 6.06. The lowest BCUT2D eigenvalue weighted by Crippen LogP contribution is -2.32. The van der Waals surface area contributed by atoms with Crippen LogP contribution in [0.3, 0.4) is 0 Å². The molecule has 0 fully saturated rings. The Kier molecular flexibility index (Phi) is 8.29. The Labute approximate surface area is 243 Å². The summed E-state index contributed by atoms with van der Waals surface area (Å²) in [4.78, 5) is 27.2. The molecule has 5 aromatic rings. The molecule has 204 valence electrons. The quantitative estimate of drug-likeness (QED) is 0.187. The normalized spacial score (nSPS) is 11.0. The maximum Gasteiger partial charge on any atom is 0.264 e. The first kappa shape index (κ1) is 27.8. The molecule has 41 heavy (non-hydrogen) atoms. The third-order valence-corrected chi connectivity index (χ3v) is 8.44. The van der Waals surface area contributed by atoms with E-state index < -0.39 is 15.9 Å². The van der Waals surface area contributed by atoms with Gasteiger partial charge < -0.3 is 5.32 Å². The fourth-order valence-electron chi connectivity index (χ4n) is 4.40. The highest BCUT2D eigenvalue weighted by Crippen LogP contribution is 2.31. The predicted octanol–water partition coefficient (Wildman–Crippen LogP) is 7.22. The van der Waals surface area contributed by atoms with Crippen LogP contribution < -0.4 is 9.62 Å². The van der Waals surface area contributed by atoms with E-state index >= 15 is 0 Å². The first-order valence-electron chi connectivity index (χ1n) is 12.8. The summed E-state index contributed by atoms with van der Waals surface area (Å²) in [6.45, 7) is 0.00104. The zero-order chi connectivity index (χ0) is 28.8. The molecule has 0 saturated carbocycles. The van der Waals surface area contributed by atoms with Gasteiger partial charge in [-0.2, -0.15) is 0 Å². The minimum absolute atomic E-state index is 0.00104. The fraction of sp³-hybridized carbons (Fsp3) is 0.0303. The van der Waals surface area contributed by atoms with E-state index in [0.29, 0.717) is 10.6 Å². The average Bonchev–Trinajstić information content (AvgIpc) is 3.01. The minimum Gasteiger partial charge on any atom is -0.321 e. The van der Waals surface area contributed by atoms with Crippen LogP contribution in [0.2, 0.25) is 5.02 Å². The minimum atomic E-state index is -4.06. The molecule has 5 aromatic carbocycles. The van der Waals surface area contributed by atoms with Gasteiger partial charge in [0.1, 0.15) is 0 Å². The summed E-state index contributed by atoms with van der Waals surface area (Å²) >= 11 is 6.22. The van der Waals surface area contributed by atoms with Crippen LogP contribution in [0.25, 0.3) is 0 Å². The molecule has 0 heterocycles. The molecule has 1 amide bonds. The number of benzene rings is 5. The van der Waals surface area contributed by atoms with E-state index in [1.54, 1.807) is 84.9 Å². The number of carbonyl (C=O) groups is 2. The molecule has 0 unspecified atom stereocenters. The molecular weight excluding hydrogens is 556 g/mol. The number of hydrogen-bond donors (Lipinski definition) is 1. The second kappa shape index (κ2) is 12.2. The summed E-state index contributed by atoms with van der Waals surface area (Å²) in [5, 5.41) is 3.15. The zero-order valence-corrected chi connectivity index (χ0v) is 23.3. The van der Waals surface area contributed by atoms with Crippen LogP contribution in [0.1, 0.15) is 31.8 Å². The number of para-hydroxylation sites is 1. The molecule has 6 nitrogen and oxygen atoms in total. The summed E-state index contributed by atoms with van der Waals surface area (Å²) < 4.78 is 29.1. The number of sulfonamides is 1. The van der Waals surface area contributed by atoms with E-state index in [-0.39, 0.29) is 39.7 Å². The monoisotopic (exact) mass is 580 g/mol. The van der Waals surface area contributed by atoms with Crippen LogP contribution in [-0.2, 0) is 16.6 Å². The van der Waals surface area contributed by atoms with Gasteiger partial charge in [0.15, 0.2) is 5.78 Å². The van der Waals surface area contributed by atoms with Gasteiger partial charge >= 0.3 is 0 Å². The van der Waals surface area contributed by atoms with E-state index in [1.807, 2.05) is 30.3 Å².